The summed E-state index contributed by atoms with van der Waals surface area (Å²) < 4.78 is 0. The molecule has 2 rings (SSSR count). The zero-order valence-electron chi connectivity index (χ0n) is 11.3. The molecule has 2 aromatic rings. The van der Waals surface area contributed by atoms with E-state index in [1.165, 1.54) is 11.3 Å². The third-order valence-corrected chi connectivity index (χ3v) is 2.76. The molecular formula is C17H18N2. The summed E-state index contributed by atoms with van der Waals surface area (Å²) in [4.78, 5) is 6.43. The van der Waals surface area contributed by atoms with Crippen molar-refractivity contribution >= 4 is 23.7 Å². The third kappa shape index (κ3) is 4.11. The number of benzene rings is 2. The van der Waals surface area contributed by atoms with E-state index in [4.69, 9.17) is 0 Å². The van der Waals surface area contributed by atoms with Crippen LogP contribution in [0, 0.1) is 0 Å². The summed E-state index contributed by atoms with van der Waals surface area (Å²) in [6.07, 6.45) is 5.82. The Morgan fingerprint density at radius 2 is 1.58 bits per heavy atom. The minimum absolute atomic E-state index is 0.968. The van der Waals surface area contributed by atoms with Gasteiger partial charge in [-0.1, -0.05) is 36.4 Å². The summed E-state index contributed by atoms with van der Waals surface area (Å²) in [5.74, 6) is 0. The van der Waals surface area contributed by atoms with Crippen LogP contribution >= 0.6 is 0 Å². The second-order valence-electron chi connectivity index (χ2n) is 4.46. The molecule has 0 N–H and O–H groups in total. The molecule has 0 radical (unpaired) electrons. The molecule has 96 valence electrons. The van der Waals surface area contributed by atoms with Gasteiger partial charge < -0.3 is 4.90 Å². The molecule has 2 aromatic carbocycles. The molecule has 0 bridgehead atoms. The van der Waals surface area contributed by atoms with Gasteiger partial charge in [0, 0.05) is 26.0 Å². The predicted molar refractivity (Wildman–Crippen MR) is 84.4 cm³/mol. The lowest BCUT2D eigenvalue weighted by atomic mass is 10.2. The quantitative estimate of drug-likeness (QED) is 0.744. The lowest BCUT2D eigenvalue weighted by Gasteiger charge is -2.11. The zero-order valence-corrected chi connectivity index (χ0v) is 11.3. The van der Waals surface area contributed by atoms with Crippen molar-refractivity contribution in [2.75, 3.05) is 19.0 Å². The molecule has 0 unspecified atom stereocenters. The molecule has 0 saturated heterocycles. The number of hydrogen-bond donors (Lipinski definition) is 0. The number of para-hydroxylation sites is 1. The van der Waals surface area contributed by atoms with Crippen molar-refractivity contribution in [1.29, 1.82) is 0 Å². The minimum atomic E-state index is 0.968. The van der Waals surface area contributed by atoms with Crippen LogP contribution in [0.3, 0.4) is 0 Å². The monoisotopic (exact) mass is 250 g/mol. The summed E-state index contributed by atoms with van der Waals surface area (Å²) in [7, 11) is 4.08. The Morgan fingerprint density at radius 3 is 2.21 bits per heavy atom. The van der Waals surface area contributed by atoms with Gasteiger partial charge in [0.25, 0.3) is 0 Å². The van der Waals surface area contributed by atoms with Crippen molar-refractivity contribution < 1.29 is 0 Å². The summed E-state index contributed by atoms with van der Waals surface area (Å²) in [5, 5.41) is 0. The molecule has 2 heteroatoms. The summed E-state index contributed by atoms with van der Waals surface area (Å²) >= 11 is 0. The smallest absolute Gasteiger partial charge is 0.0629 e. The van der Waals surface area contributed by atoms with Crippen LogP contribution in [-0.4, -0.2) is 20.3 Å². The van der Waals surface area contributed by atoms with Crippen molar-refractivity contribution in [2.45, 2.75) is 0 Å². The maximum atomic E-state index is 4.35. The summed E-state index contributed by atoms with van der Waals surface area (Å²) in [6, 6.07) is 18.3. The minimum Gasteiger partial charge on any atom is -0.378 e. The van der Waals surface area contributed by atoms with Gasteiger partial charge >= 0.3 is 0 Å². The normalized spacial score (nSPS) is 11.3. The van der Waals surface area contributed by atoms with E-state index in [2.05, 4.69) is 34.2 Å². The second kappa shape index (κ2) is 6.55. The Labute approximate surface area is 114 Å². The summed E-state index contributed by atoms with van der Waals surface area (Å²) in [5.41, 5.74) is 3.34. The van der Waals surface area contributed by atoms with E-state index in [9.17, 15) is 0 Å². The highest BCUT2D eigenvalue weighted by molar-refractivity contribution is 5.80. The Morgan fingerprint density at radius 1 is 0.895 bits per heavy atom. The van der Waals surface area contributed by atoms with Crippen LogP contribution in [0.1, 0.15) is 5.56 Å². The van der Waals surface area contributed by atoms with Gasteiger partial charge in [-0.3, -0.25) is 4.99 Å². The van der Waals surface area contributed by atoms with Gasteiger partial charge in [0.05, 0.1) is 5.69 Å². The molecule has 0 atom stereocenters. The van der Waals surface area contributed by atoms with Gasteiger partial charge in [-0.05, 0) is 35.9 Å². The first-order chi connectivity index (χ1) is 9.25. The average Bonchev–Trinajstić information content (AvgIpc) is 2.45. The number of aliphatic imine (C=N–C) groups is 1. The van der Waals surface area contributed by atoms with E-state index < -0.39 is 0 Å². The van der Waals surface area contributed by atoms with Crippen LogP contribution in [0.5, 0.6) is 0 Å². The second-order valence-corrected chi connectivity index (χ2v) is 4.46. The van der Waals surface area contributed by atoms with Crippen molar-refractivity contribution in [1.82, 2.24) is 0 Å². The van der Waals surface area contributed by atoms with Crippen molar-refractivity contribution in [3.05, 3.63) is 66.2 Å². The molecule has 0 aromatic heterocycles. The highest BCUT2D eigenvalue weighted by Gasteiger charge is 1.92. The van der Waals surface area contributed by atoms with Crippen LogP contribution in [0.2, 0.25) is 0 Å². The molecule has 0 aliphatic rings. The number of anilines is 1. The zero-order chi connectivity index (χ0) is 13.5. The standard InChI is InChI=1S/C17H18N2/c1-19(2)17-12-10-15(11-13-17)7-6-14-18-16-8-4-3-5-9-16/h3-14H,1-2H3/b7-6+,18-14?. The van der Waals surface area contributed by atoms with Crippen LogP contribution in [0.15, 0.2) is 65.7 Å². The lowest BCUT2D eigenvalue weighted by Crippen LogP contribution is -2.07. The molecule has 2 nitrogen and oxygen atoms in total. The Balaban J connectivity index is 1.97. The van der Waals surface area contributed by atoms with Crippen LogP contribution in [0.25, 0.3) is 6.08 Å². The molecule has 0 saturated carbocycles. The topological polar surface area (TPSA) is 15.6 Å². The van der Waals surface area contributed by atoms with Crippen molar-refractivity contribution in [3.63, 3.8) is 0 Å². The number of allylic oxidation sites excluding steroid dienone is 1. The summed E-state index contributed by atoms with van der Waals surface area (Å²) in [6.45, 7) is 0. The predicted octanol–water partition coefficient (Wildman–Crippen LogP) is 4.17. The number of rotatable bonds is 4. The van der Waals surface area contributed by atoms with Gasteiger partial charge in [0.15, 0.2) is 0 Å². The van der Waals surface area contributed by atoms with Crippen LogP contribution < -0.4 is 4.90 Å². The van der Waals surface area contributed by atoms with E-state index in [0.29, 0.717) is 0 Å². The molecular weight excluding hydrogens is 232 g/mol. The number of hydrogen-bond acceptors (Lipinski definition) is 2. The van der Waals surface area contributed by atoms with E-state index in [-0.39, 0.29) is 0 Å². The van der Waals surface area contributed by atoms with Crippen molar-refractivity contribution in [3.8, 4) is 0 Å². The largest absolute Gasteiger partial charge is 0.378 e. The number of nitrogens with zero attached hydrogens (tertiary/aromatic N) is 2. The molecule has 0 fully saturated rings. The molecule has 0 amide bonds. The van der Waals surface area contributed by atoms with Gasteiger partial charge in [-0.15, -0.1) is 0 Å². The average molecular weight is 250 g/mol. The Hall–Kier alpha value is -2.35. The maximum absolute atomic E-state index is 4.35. The van der Waals surface area contributed by atoms with Crippen molar-refractivity contribution in [2.24, 2.45) is 4.99 Å². The Kier molecular flexibility index (Phi) is 4.51. The van der Waals surface area contributed by atoms with Gasteiger partial charge in [-0.2, -0.15) is 0 Å². The maximum Gasteiger partial charge on any atom is 0.0629 e. The van der Waals surface area contributed by atoms with E-state index >= 15 is 0 Å². The van der Waals surface area contributed by atoms with E-state index in [1.54, 1.807) is 0 Å². The first kappa shape index (κ1) is 13.1. The highest BCUT2D eigenvalue weighted by atomic mass is 15.1. The fraction of sp³-hybridized carbons (Fsp3) is 0.118. The molecule has 0 aliphatic carbocycles. The molecule has 0 heterocycles. The fourth-order valence-corrected chi connectivity index (χ4v) is 1.68. The van der Waals surface area contributed by atoms with E-state index in [0.717, 1.165) is 5.69 Å². The lowest BCUT2D eigenvalue weighted by molar-refractivity contribution is 1.13. The highest BCUT2D eigenvalue weighted by Crippen LogP contribution is 2.13. The first-order valence-electron chi connectivity index (χ1n) is 6.29. The van der Waals surface area contributed by atoms with Gasteiger partial charge in [0.1, 0.15) is 0 Å². The third-order valence-electron chi connectivity index (χ3n) is 2.76. The van der Waals surface area contributed by atoms with E-state index in [1.807, 2.05) is 62.8 Å². The first-order valence-corrected chi connectivity index (χ1v) is 6.29. The Bertz CT molecular complexity index is 552. The fourth-order valence-electron chi connectivity index (χ4n) is 1.68. The van der Waals surface area contributed by atoms with Gasteiger partial charge in [-0.25, -0.2) is 0 Å². The van der Waals surface area contributed by atoms with Gasteiger partial charge in [0.2, 0.25) is 0 Å². The molecule has 0 spiro atoms. The molecule has 0 aliphatic heterocycles. The molecule has 19 heavy (non-hydrogen) atoms. The SMILES string of the molecule is CN(C)c1ccc(/C=C/C=Nc2ccccc2)cc1. The van der Waals surface area contributed by atoms with Crippen LogP contribution in [0.4, 0.5) is 11.4 Å². The van der Waals surface area contributed by atoms with Crippen LogP contribution in [-0.2, 0) is 0 Å².